The van der Waals surface area contributed by atoms with Crippen molar-refractivity contribution < 1.29 is 22.8 Å². The molecule has 8 nitrogen and oxygen atoms in total. The minimum absolute atomic E-state index is 0.0305. The maximum absolute atomic E-state index is 14.6. The van der Waals surface area contributed by atoms with Gasteiger partial charge in [-0.1, -0.05) is 13.8 Å². The van der Waals surface area contributed by atoms with Crippen LogP contribution in [0.2, 0.25) is 0 Å². The minimum atomic E-state index is -1.24. The van der Waals surface area contributed by atoms with Gasteiger partial charge in [0.15, 0.2) is 11.6 Å². The van der Waals surface area contributed by atoms with Crippen molar-refractivity contribution in [2.24, 2.45) is 15.4 Å². The van der Waals surface area contributed by atoms with Gasteiger partial charge in [0, 0.05) is 27.7 Å². The predicted octanol–water partition coefficient (Wildman–Crippen LogP) is 10.6. The molecule has 0 amide bonds. The first-order valence-corrected chi connectivity index (χ1v) is 18.3. The first-order valence-electron chi connectivity index (χ1n) is 16.7. The van der Waals surface area contributed by atoms with Crippen LogP contribution in [0.15, 0.2) is 57.8 Å². The molecule has 4 aliphatic rings. The van der Waals surface area contributed by atoms with Gasteiger partial charge < -0.3 is 0 Å². The van der Waals surface area contributed by atoms with Crippen molar-refractivity contribution in [1.82, 2.24) is 0 Å². The highest BCUT2D eigenvalue weighted by molar-refractivity contribution is 7.26. The van der Waals surface area contributed by atoms with Crippen LogP contribution in [0.4, 0.5) is 23.2 Å². The zero-order valence-corrected chi connectivity index (χ0v) is 30.4. The topological polar surface area (TPSA) is 115 Å². The number of Topliss-reactive ketones (excluding diaryl/α,β-unsaturated/α-hetero) is 2. The Hall–Kier alpha value is -6.25. The average Bonchev–Trinajstić information content (AvgIpc) is 3.91. The second-order valence-electron chi connectivity index (χ2n) is 14.3. The number of hydrogen-bond donors (Lipinski definition) is 0. The maximum Gasteiger partial charge on any atom is 0.271 e. The van der Waals surface area contributed by atoms with Crippen molar-refractivity contribution in [3.05, 3.63) is 127 Å². The smallest absolute Gasteiger partial charge is 0.271 e. The Labute approximate surface area is 315 Å². The molecule has 8 rings (SSSR count). The molecule has 0 atom stereocenters. The van der Waals surface area contributed by atoms with Gasteiger partial charge in [0.05, 0.1) is 35.0 Å². The van der Waals surface area contributed by atoms with Crippen LogP contribution in [0.3, 0.4) is 0 Å². The molecule has 262 valence electrons. The molecule has 1 fully saturated rings. The Bertz CT molecular complexity index is 2570. The van der Waals surface area contributed by atoms with Gasteiger partial charge in [0.1, 0.15) is 27.2 Å². The summed E-state index contributed by atoms with van der Waals surface area (Å²) in [4.78, 5) is 45.1. The number of rotatable bonds is 2. The van der Waals surface area contributed by atoms with Crippen molar-refractivity contribution in [3.8, 4) is 21.9 Å². The van der Waals surface area contributed by atoms with E-state index >= 15 is 0 Å². The van der Waals surface area contributed by atoms with Crippen molar-refractivity contribution in [1.29, 1.82) is 10.5 Å². The van der Waals surface area contributed by atoms with Crippen LogP contribution < -0.4 is 0 Å². The van der Waals surface area contributed by atoms with Gasteiger partial charge in [0.25, 0.3) is 11.4 Å². The van der Waals surface area contributed by atoms with Crippen molar-refractivity contribution in [2.75, 3.05) is 0 Å². The lowest BCUT2D eigenvalue weighted by Gasteiger charge is -2.42. The summed E-state index contributed by atoms with van der Waals surface area (Å²) in [5, 5.41) is 20.4. The molecule has 54 heavy (non-hydrogen) atoms. The van der Waals surface area contributed by atoms with E-state index in [9.17, 15) is 33.3 Å². The van der Waals surface area contributed by atoms with Crippen LogP contribution >= 0.6 is 22.7 Å². The first kappa shape index (κ1) is 34.8. The Balaban J connectivity index is 1.29. The van der Waals surface area contributed by atoms with E-state index in [1.165, 1.54) is 35.7 Å². The highest BCUT2D eigenvalue weighted by Gasteiger charge is 2.50. The molecule has 0 aliphatic heterocycles. The number of hydrogen-bond acceptors (Lipinski definition) is 8. The zero-order chi connectivity index (χ0) is 38.4. The molecule has 1 spiro atoms. The lowest BCUT2D eigenvalue weighted by atomic mass is 9.62. The lowest BCUT2D eigenvalue weighted by Crippen LogP contribution is -2.33. The molecular formula is C41H23F3N6O2S2. The maximum atomic E-state index is 14.6. The number of benzene rings is 2. The normalized spacial score (nSPS) is 20.6. The number of halogens is 3. The Morgan fingerprint density at radius 3 is 1.57 bits per heavy atom. The fourth-order valence-corrected chi connectivity index (χ4v) is 10.3. The van der Waals surface area contributed by atoms with Gasteiger partial charge >= 0.3 is 0 Å². The van der Waals surface area contributed by atoms with E-state index in [-0.39, 0.29) is 61.5 Å². The molecule has 0 unspecified atom stereocenters. The van der Waals surface area contributed by atoms with Gasteiger partial charge in [-0.25, -0.2) is 43.4 Å². The molecule has 2 aromatic carbocycles. The monoisotopic (exact) mass is 752 g/mol. The van der Waals surface area contributed by atoms with Gasteiger partial charge in [-0.15, -0.1) is 22.7 Å². The molecule has 1 saturated carbocycles. The molecule has 0 saturated heterocycles. The number of nitrogens with zero attached hydrogens (tertiary/aromatic N) is 6. The van der Waals surface area contributed by atoms with Gasteiger partial charge in [-0.3, -0.25) is 9.59 Å². The number of carbonyl (C=O) groups is 2. The molecule has 13 heteroatoms. The number of allylic oxidation sites excluding steroid dienone is 4. The lowest BCUT2D eigenvalue weighted by molar-refractivity contribution is 0.106. The quantitative estimate of drug-likeness (QED) is 0.150. The van der Waals surface area contributed by atoms with Gasteiger partial charge in [0.2, 0.25) is 11.6 Å². The van der Waals surface area contributed by atoms with Gasteiger partial charge in [-0.2, -0.15) is 0 Å². The van der Waals surface area contributed by atoms with Crippen molar-refractivity contribution >= 4 is 66.8 Å². The van der Waals surface area contributed by atoms with Crippen LogP contribution in [0, 0.1) is 65.6 Å². The number of nitriles is 2. The highest BCUT2D eigenvalue weighted by atomic mass is 32.1. The highest BCUT2D eigenvalue weighted by Crippen LogP contribution is 2.64. The number of aryl methyl sites for hydroxylation is 1. The van der Waals surface area contributed by atoms with Gasteiger partial charge in [-0.05, 0) is 102 Å². The molecule has 4 aromatic rings. The Kier molecular flexibility index (Phi) is 7.83. The Morgan fingerprint density at radius 2 is 1.13 bits per heavy atom. The number of fused-ring (bicyclic) bond motifs is 7. The third-order valence-electron chi connectivity index (χ3n) is 10.8. The predicted molar refractivity (Wildman–Crippen MR) is 199 cm³/mol. The summed E-state index contributed by atoms with van der Waals surface area (Å²) in [5.74, 6) is -4.37. The molecule has 4 aliphatic carbocycles. The Morgan fingerprint density at radius 1 is 0.704 bits per heavy atom. The van der Waals surface area contributed by atoms with E-state index in [1.807, 2.05) is 18.2 Å². The van der Waals surface area contributed by atoms with Crippen LogP contribution in [0.25, 0.3) is 30.6 Å². The van der Waals surface area contributed by atoms with Crippen LogP contribution in [0.1, 0.15) is 88.1 Å². The second-order valence-corrected chi connectivity index (χ2v) is 16.4. The summed E-state index contributed by atoms with van der Waals surface area (Å²) in [5.41, 5.74) is 0.675. The fraction of sp³-hybridized carbons (Fsp3) is 0.220. The largest absolute Gasteiger partial charge is 0.287 e. The summed E-state index contributed by atoms with van der Waals surface area (Å²) in [6.07, 6.45) is 3.33. The number of carbonyl (C=O) groups excluding carboxylic acids is 2. The molecule has 0 radical (unpaired) electrons. The SMILES string of the molecule is [C-]#[N+]C(C#N)=C1C(=Nc2cc3c(s2)-c2sc(N=C4C(=O)c5cc(F)c(F)cc5/C4=C(/C#N)[N+]#[C-])cc2C32CCC(C)(C)CC2)C(=O)c2cc(F)c(C)cc21. The van der Waals surface area contributed by atoms with E-state index in [0.29, 0.717) is 10.0 Å². The third kappa shape index (κ3) is 4.97. The van der Waals surface area contributed by atoms with E-state index in [1.54, 1.807) is 6.07 Å². The summed E-state index contributed by atoms with van der Waals surface area (Å²) >= 11 is 2.61. The van der Waals surface area contributed by atoms with Crippen LogP contribution in [-0.2, 0) is 5.41 Å². The standard InChI is InChI=1S/C41H23F3N6O2S2/c1-18-10-19-21(12-25(18)42)36(51)34(32(19)28(16-45)47-4)49-30-14-23-38(53-30)39-24(41(23)8-6-40(2,3)7-9-41)15-31(54-39)50-35-33(29(17-46)48-5)20-11-26(43)27(44)13-22(20)37(35)52/h10-15H,6-9H2,1-3H3/b32-28?,33-29+,49-34?,50-35?. The number of aliphatic imine (C=N–C) groups is 2. The molecule has 0 bridgehead atoms. The summed E-state index contributed by atoms with van der Waals surface area (Å²) in [6, 6.07) is 11.6. The molecule has 2 aromatic heterocycles. The number of thiophene rings is 2. The summed E-state index contributed by atoms with van der Waals surface area (Å²) in [7, 11) is 0. The fourth-order valence-electron chi connectivity index (χ4n) is 7.89. The summed E-state index contributed by atoms with van der Waals surface area (Å²) < 4.78 is 43.3. The molecule has 2 heterocycles. The second kappa shape index (κ2) is 12.1. The summed E-state index contributed by atoms with van der Waals surface area (Å²) in [6.45, 7) is 21.2. The van der Waals surface area contributed by atoms with E-state index in [0.717, 1.165) is 64.8 Å². The first-order chi connectivity index (χ1) is 25.7. The molecular weight excluding hydrogens is 730 g/mol. The van der Waals surface area contributed by atoms with Crippen molar-refractivity contribution in [2.45, 2.75) is 51.9 Å². The zero-order valence-electron chi connectivity index (χ0n) is 28.7. The van der Waals surface area contributed by atoms with Crippen molar-refractivity contribution in [3.63, 3.8) is 0 Å². The third-order valence-corrected chi connectivity index (χ3v) is 13.0. The minimum Gasteiger partial charge on any atom is -0.287 e. The van der Waals surface area contributed by atoms with Crippen LogP contribution in [0.5, 0.6) is 0 Å². The average molecular weight is 753 g/mol. The van der Waals surface area contributed by atoms with E-state index in [2.05, 4.69) is 28.5 Å². The molecule has 0 N–H and O–H groups in total. The van der Waals surface area contributed by atoms with E-state index < -0.39 is 40.1 Å². The number of ketones is 2. The van der Waals surface area contributed by atoms with Crippen LogP contribution in [-0.4, -0.2) is 23.0 Å². The van der Waals surface area contributed by atoms with E-state index in [4.69, 9.17) is 18.1 Å².